The van der Waals surface area contributed by atoms with Gasteiger partial charge in [0, 0.05) is 29.9 Å². The van der Waals surface area contributed by atoms with E-state index < -0.39 is 84.1 Å². The molecule has 7 atom stereocenters. The zero-order valence-electron chi connectivity index (χ0n) is 34.5. The molecule has 0 saturated carbocycles. The number of unbranched alkanes of at least 4 members (excludes halogenated alkanes) is 1. The summed E-state index contributed by atoms with van der Waals surface area (Å²) in [7, 11) is 0. The number of hydrogen-bond acceptors (Lipinski definition) is 9. The molecule has 3 rings (SSSR count). The van der Waals surface area contributed by atoms with Crippen LogP contribution in [0.15, 0.2) is 60.8 Å². The molecule has 0 unspecified atom stereocenters. The van der Waals surface area contributed by atoms with Crippen molar-refractivity contribution in [1.82, 2.24) is 31.6 Å². The molecule has 11 N–H and O–H groups in total. The number of aldehydes is 1. The van der Waals surface area contributed by atoms with Gasteiger partial charge in [-0.2, -0.15) is 0 Å². The average Bonchev–Trinajstić information content (AvgIpc) is 3.62. The molecule has 3 aromatic rings. The highest BCUT2D eigenvalue weighted by Crippen LogP contribution is 2.20. The number of amides is 5. The van der Waals surface area contributed by atoms with Gasteiger partial charge in [-0.05, 0) is 74.1 Å². The third kappa shape index (κ3) is 15.6. The predicted molar refractivity (Wildman–Crippen MR) is 225 cm³/mol. The minimum absolute atomic E-state index is 0.0435. The SMILES string of the molecule is CC[C@H](C)[C@H](NC(=O)[C@@H](N)Cc1ccccc1)C(=O)N[C@@H](CCC(=O)O)C(=O)N[C@@H](Cc1c[nH]c2ccccc12)C(=O)N[C@@H](CC(C)C)C(=O)N[C@H](C=O)CCCCN. The minimum Gasteiger partial charge on any atom is -0.481 e. The Morgan fingerprint density at radius 2 is 1.37 bits per heavy atom. The minimum atomic E-state index is -1.44. The number of nitrogens with two attached hydrogens (primary N) is 2. The van der Waals surface area contributed by atoms with Gasteiger partial charge >= 0.3 is 5.97 Å². The molecule has 0 aliphatic heterocycles. The Morgan fingerprint density at radius 3 is 2.02 bits per heavy atom. The lowest BCUT2D eigenvalue weighted by Gasteiger charge is -2.29. The fourth-order valence-corrected chi connectivity index (χ4v) is 6.66. The van der Waals surface area contributed by atoms with Crippen LogP contribution in [0.2, 0.25) is 0 Å². The van der Waals surface area contributed by atoms with Crippen molar-refractivity contribution in [3.05, 3.63) is 71.9 Å². The number of rotatable bonds is 26. The Hall–Kier alpha value is -5.61. The van der Waals surface area contributed by atoms with Gasteiger partial charge in [0.05, 0.1) is 12.1 Å². The maximum atomic E-state index is 14.2. The van der Waals surface area contributed by atoms with Crippen molar-refractivity contribution in [3.8, 4) is 0 Å². The normalized spacial score (nSPS) is 14.8. The monoisotopic (exact) mass is 818 g/mol. The van der Waals surface area contributed by atoms with Crippen molar-refractivity contribution >= 4 is 52.7 Å². The summed E-state index contributed by atoms with van der Waals surface area (Å²) in [4.78, 5) is 95.8. The topological polar surface area (TPSA) is 268 Å². The zero-order valence-corrected chi connectivity index (χ0v) is 34.5. The molecule has 0 spiro atoms. The van der Waals surface area contributed by atoms with E-state index in [2.05, 4.69) is 31.6 Å². The first-order valence-corrected chi connectivity index (χ1v) is 20.4. The molecule has 0 radical (unpaired) electrons. The third-order valence-electron chi connectivity index (χ3n) is 10.2. The van der Waals surface area contributed by atoms with E-state index in [0.717, 1.165) is 16.5 Å². The molecule has 16 heteroatoms. The number of aromatic nitrogens is 1. The molecule has 0 saturated heterocycles. The molecule has 322 valence electrons. The van der Waals surface area contributed by atoms with Gasteiger partial charge in [0.1, 0.15) is 30.5 Å². The Balaban J connectivity index is 1.90. The van der Waals surface area contributed by atoms with Crippen molar-refractivity contribution in [1.29, 1.82) is 0 Å². The number of aliphatic carboxylic acids is 1. The number of nitrogens with one attached hydrogen (secondary N) is 6. The van der Waals surface area contributed by atoms with E-state index in [9.17, 15) is 38.7 Å². The van der Waals surface area contributed by atoms with Crippen LogP contribution in [0.4, 0.5) is 0 Å². The smallest absolute Gasteiger partial charge is 0.303 e. The van der Waals surface area contributed by atoms with Gasteiger partial charge in [-0.15, -0.1) is 0 Å². The summed E-state index contributed by atoms with van der Waals surface area (Å²) in [5, 5.41) is 23.9. The Labute approximate surface area is 345 Å². The second-order valence-corrected chi connectivity index (χ2v) is 15.5. The van der Waals surface area contributed by atoms with Crippen LogP contribution >= 0.6 is 0 Å². The molecular formula is C43H62N8O8. The molecule has 2 aromatic carbocycles. The molecule has 0 aliphatic rings. The standard InChI is InChI=1S/C43H62N8O8/c1-5-27(4)38(51-39(55)32(45)22-28-13-7-6-8-14-28)43(59)48-34(18-19-37(53)54)40(56)50-36(23-29-24-46-33-17-10-9-16-31(29)33)42(58)49-35(21-26(2)3)41(57)47-30(25-52)15-11-12-20-44/h6-10,13-14,16-17,24-27,30,32,34-36,38,46H,5,11-12,15,18-23,44-45H2,1-4H3,(H,47,57)(H,48,59)(H,49,58)(H,50,56)(H,51,55)(H,53,54)/t27-,30-,32-,34-,35-,36-,38-/m0/s1. The van der Waals surface area contributed by atoms with Crippen molar-refractivity contribution in [2.45, 2.75) is 122 Å². The van der Waals surface area contributed by atoms with Crippen LogP contribution in [0.3, 0.4) is 0 Å². The van der Waals surface area contributed by atoms with Crippen LogP contribution in [-0.2, 0) is 46.4 Å². The summed E-state index contributed by atoms with van der Waals surface area (Å²) in [5.41, 5.74) is 14.1. The Morgan fingerprint density at radius 1 is 0.746 bits per heavy atom. The molecule has 1 heterocycles. The largest absolute Gasteiger partial charge is 0.481 e. The summed E-state index contributed by atoms with van der Waals surface area (Å²) in [6, 6.07) is 9.82. The number of fused-ring (bicyclic) bond motifs is 1. The van der Waals surface area contributed by atoms with Crippen LogP contribution in [0.5, 0.6) is 0 Å². The first-order chi connectivity index (χ1) is 28.2. The molecule has 0 bridgehead atoms. The van der Waals surface area contributed by atoms with Crippen molar-refractivity contribution < 1.29 is 38.7 Å². The molecule has 1 aromatic heterocycles. The number of carboxylic acids is 1. The average molecular weight is 819 g/mol. The summed E-state index contributed by atoms with van der Waals surface area (Å²) >= 11 is 0. The van der Waals surface area contributed by atoms with Gasteiger partial charge in [0.15, 0.2) is 0 Å². The van der Waals surface area contributed by atoms with E-state index >= 15 is 0 Å². The van der Waals surface area contributed by atoms with E-state index in [-0.39, 0.29) is 31.6 Å². The van der Waals surface area contributed by atoms with Crippen LogP contribution < -0.4 is 38.1 Å². The number of para-hydroxylation sites is 1. The second-order valence-electron chi connectivity index (χ2n) is 15.5. The molecule has 59 heavy (non-hydrogen) atoms. The predicted octanol–water partition coefficient (Wildman–Crippen LogP) is 1.99. The van der Waals surface area contributed by atoms with Gasteiger partial charge in [-0.3, -0.25) is 28.8 Å². The number of H-pyrrole nitrogens is 1. The van der Waals surface area contributed by atoms with E-state index in [0.29, 0.717) is 44.1 Å². The highest BCUT2D eigenvalue weighted by molar-refractivity contribution is 5.97. The number of carboxylic acid groups (broad SMARTS) is 1. The van der Waals surface area contributed by atoms with Crippen molar-refractivity contribution in [2.24, 2.45) is 23.3 Å². The van der Waals surface area contributed by atoms with Crippen LogP contribution in [0.1, 0.15) is 83.8 Å². The number of carbonyl (C=O) groups is 7. The van der Waals surface area contributed by atoms with E-state index in [1.54, 1.807) is 13.1 Å². The van der Waals surface area contributed by atoms with E-state index in [1.165, 1.54) is 0 Å². The summed E-state index contributed by atoms with van der Waals surface area (Å²) in [6.45, 7) is 7.77. The quantitative estimate of drug-likeness (QED) is 0.0420. The van der Waals surface area contributed by atoms with Crippen LogP contribution in [0, 0.1) is 11.8 Å². The van der Waals surface area contributed by atoms with Crippen LogP contribution in [-0.4, -0.2) is 94.7 Å². The Kier molecular flexibility index (Phi) is 19.7. The fourth-order valence-electron chi connectivity index (χ4n) is 6.66. The van der Waals surface area contributed by atoms with Crippen molar-refractivity contribution in [2.75, 3.05) is 6.54 Å². The summed E-state index contributed by atoms with van der Waals surface area (Å²) < 4.78 is 0. The molecular weight excluding hydrogens is 757 g/mol. The summed E-state index contributed by atoms with van der Waals surface area (Å²) in [6.07, 6.45) is 4.04. The van der Waals surface area contributed by atoms with Crippen molar-refractivity contribution in [3.63, 3.8) is 0 Å². The number of aromatic amines is 1. The first kappa shape index (κ1) is 47.8. The van der Waals surface area contributed by atoms with Gasteiger partial charge in [0.2, 0.25) is 29.5 Å². The van der Waals surface area contributed by atoms with Gasteiger partial charge in [-0.1, -0.05) is 82.6 Å². The maximum Gasteiger partial charge on any atom is 0.303 e. The zero-order chi connectivity index (χ0) is 43.5. The first-order valence-electron chi connectivity index (χ1n) is 20.4. The van der Waals surface area contributed by atoms with E-state index in [4.69, 9.17) is 11.5 Å². The highest BCUT2D eigenvalue weighted by Gasteiger charge is 2.34. The van der Waals surface area contributed by atoms with Gasteiger partial charge in [0.25, 0.3) is 0 Å². The van der Waals surface area contributed by atoms with Gasteiger partial charge < -0.3 is 52.9 Å². The summed E-state index contributed by atoms with van der Waals surface area (Å²) in [5.74, 6) is -5.11. The number of carbonyl (C=O) groups excluding carboxylic acids is 6. The lowest BCUT2D eigenvalue weighted by molar-refractivity contribution is -0.138. The number of hydrogen-bond donors (Lipinski definition) is 9. The lowest BCUT2D eigenvalue weighted by atomic mass is 9.96. The molecule has 16 nitrogen and oxygen atoms in total. The lowest BCUT2D eigenvalue weighted by Crippen LogP contribution is -2.60. The second kappa shape index (κ2) is 24.3. The molecule has 0 aliphatic carbocycles. The molecule has 0 fully saturated rings. The molecule has 5 amide bonds. The maximum absolute atomic E-state index is 14.2. The highest BCUT2D eigenvalue weighted by atomic mass is 16.4. The third-order valence-corrected chi connectivity index (χ3v) is 10.2. The Bertz CT molecular complexity index is 1850. The van der Waals surface area contributed by atoms with Gasteiger partial charge in [-0.25, -0.2) is 0 Å². The van der Waals surface area contributed by atoms with E-state index in [1.807, 2.05) is 75.4 Å². The number of benzene rings is 2. The van der Waals surface area contributed by atoms with Crippen LogP contribution in [0.25, 0.3) is 10.9 Å². The fraction of sp³-hybridized carbons (Fsp3) is 0.512.